The van der Waals surface area contributed by atoms with Crippen molar-refractivity contribution in [2.75, 3.05) is 0 Å². The van der Waals surface area contributed by atoms with E-state index in [2.05, 4.69) is 0 Å². The molecule has 4 heteroatoms. The van der Waals surface area contributed by atoms with Crippen molar-refractivity contribution < 1.29 is 13.9 Å². The first-order chi connectivity index (χ1) is 9.56. The fraction of sp³-hybridized carbons (Fsp3) is 0.125. The lowest BCUT2D eigenvalue weighted by Gasteiger charge is -2.14. The lowest BCUT2D eigenvalue weighted by molar-refractivity contribution is 0.112. The Bertz CT molecular complexity index is 694. The molecule has 0 aliphatic rings. The van der Waals surface area contributed by atoms with Crippen LogP contribution in [0.1, 0.15) is 27.0 Å². The van der Waals surface area contributed by atoms with Crippen molar-refractivity contribution in [2.24, 2.45) is 0 Å². The van der Waals surface area contributed by atoms with Gasteiger partial charge in [-0.15, -0.1) is 0 Å². The van der Waals surface area contributed by atoms with Gasteiger partial charge in [-0.2, -0.15) is 5.26 Å². The molecule has 0 aliphatic carbocycles. The monoisotopic (exact) mass is 269 g/mol. The third kappa shape index (κ3) is 2.52. The topological polar surface area (TPSA) is 50.1 Å². The normalized spacial score (nSPS) is 9.90. The summed E-state index contributed by atoms with van der Waals surface area (Å²) >= 11 is 0. The van der Waals surface area contributed by atoms with Crippen molar-refractivity contribution in [1.82, 2.24) is 0 Å². The van der Waals surface area contributed by atoms with E-state index in [1.165, 1.54) is 18.2 Å². The van der Waals surface area contributed by atoms with E-state index in [1.54, 1.807) is 26.0 Å². The van der Waals surface area contributed by atoms with Crippen LogP contribution in [0.4, 0.5) is 4.39 Å². The van der Waals surface area contributed by atoms with Gasteiger partial charge < -0.3 is 4.74 Å². The Kier molecular flexibility index (Phi) is 3.81. The molecule has 0 fully saturated rings. The van der Waals surface area contributed by atoms with Gasteiger partial charge in [-0.25, -0.2) is 4.39 Å². The number of benzene rings is 2. The number of carbonyl (C=O) groups excluding carboxylic acids is 1. The molecule has 3 nitrogen and oxygen atoms in total. The summed E-state index contributed by atoms with van der Waals surface area (Å²) in [6.07, 6.45) is 0.548. The number of hydrogen-bond acceptors (Lipinski definition) is 3. The summed E-state index contributed by atoms with van der Waals surface area (Å²) in [5, 5.41) is 8.90. The number of nitrogens with zero attached hydrogens (tertiary/aromatic N) is 1. The van der Waals surface area contributed by atoms with E-state index >= 15 is 0 Å². The average molecular weight is 269 g/mol. The number of carbonyl (C=O) groups is 1. The Morgan fingerprint density at radius 1 is 1.20 bits per heavy atom. The maximum absolute atomic E-state index is 13.8. The van der Waals surface area contributed by atoms with Crippen molar-refractivity contribution in [3.05, 3.63) is 58.4 Å². The smallest absolute Gasteiger partial charge is 0.173 e. The number of hydrogen-bond donors (Lipinski definition) is 0. The number of rotatable bonds is 3. The first-order valence-electron chi connectivity index (χ1n) is 5.99. The Labute approximate surface area is 116 Å². The standard InChI is InChI=1S/C16H12FNO2/c1-10-6-12(8-18)7-11(2)15(10)20-16-13(9-19)4-3-5-14(16)17/h3-7,9H,1-2H3. The average Bonchev–Trinajstić information content (AvgIpc) is 2.43. The quantitative estimate of drug-likeness (QED) is 0.793. The summed E-state index contributed by atoms with van der Waals surface area (Å²) < 4.78 is 19.4. The number of aryl methyl sites for hydroxylation is 2. The van der Waals surface area contributed by atoms with Crippen LogP contribution in [-0.4, -0.2) is 6.29 Å². The number of ether oxygens (including phenoxy) is 1. The molecule has 0 unspecified atom stereocenters. The molecule has 0 N–H and O–H groups in total. The van der Waals surface area contributed by atoms with Crippen molar-refractivity contribution in [1.29, 1.82) is 5.26 Å². The summed E-state index contributed by atoms with van der Waals surface area (Å²) in [6.45, 7) is 3.54. The molecule has 100 valence electrons. The maximum atomic E-state index is 13.8. The lowest BCUT2D eigenvalue weighted by Crippen LogP contribution is -1.98. The third-order valence-electron chi connectivity index (χ3n) is 2.92. The summed E-state index contributed by atoms with van der Waals surface area (Å²) in [7, 11) is 0. The van der Waals surface area contributed by atoms with Crippen LogP contribution in [0.15, 0.2) is 30.3 Å². The zero-order valence-corrected chi connectivity index (χ0v) is 11.1. The van der Waals surface area contributed by atoms with Gasteiger partial charge in [0.15, 0.2) is 17.9 Å². The predicted molar refractivity (Wildman–Crippen MR) is 72.5 cm³/mol. The lowest BCUT2D eigenvalue weighted by atomic mass is 10.1. The third-order valence-corrected chi connectivity index (χ3v) is 2.92. The van der Waals surface area contributed by atoms with E-state index in [9.17, 15) is 9.18 Å². The Morgan fingerprint density at radius 2 is 1.85 bits per heavy atom. The summed E-state index contributed by atoms with van der Waals surface area (Å²) in [6, 6.07) is 9.53. The highest BCUT2D eigenvalue weighted by atomic mass is 19.1. The van der Waals surface area contributed by atoms with Crippen LogP contribution in [-0.2, 0) is 0 Å². The second-order valence-electron chi connectivity index (χ2n) is 4.43. The van der Waals surface area contributed by atoms with Gasteiger partial charge in [-0.3, -0.25) is 4.79 Å². The number of nitriles is 1. The van der Waals surface area contributed by atoms with Crippen LogP contribution >= 0.6 is 0 Å². The Balaban J connectivity index is 2.51. The highest BCUT2D eigenvalue weighted by molar-refractivity contribution is 5.79. The number of aldehydes is 1. The molecular formula is C16H12FNO2. The molecule has 20 heavy (non-hydrogen) atoms. The van der Waals surface area contributed by atoms with Crippen LogP contribution < -0.4 is 4.74 Å². The van der Waals surface area contributed by atoms with Gasteiger partial charge in [-0.05, 0) is 49.2 Å². The van der Waals surface area contributed by atoms with E-state index in [4.69, 9.17) is 10.00 Å². The minimum atomic E-state index is -0.599. The number of para-hydroxylation sites is 1. The molecule has 0 amide bonds. The molecule has 2 aromatic carbocycles. The largest absolute Gasteiger partial charge is 0.453 e. The summed E-state index contributed by atoms with van der Waals surface area (Å²) in [4.78, 5) is 11.0. The van der Waals surface area contributed by atoms with Gasteiger partial charge in [-0.1, -0.05) is 6.07 Å². The molecule has 0 saturated carbocycles. The molecule has 0 spiro atoms. The zero-order chi connectivity index (χ0) is 14.7. The second kappa shape index (κ2) is 5.54. The van der Waals surface area contributed by atoms with Gasteiger partial charge in [0, 0.05) is 0 Å². The van der Waals surface area contributed by atoms with Crippen LogP contribution in [0.2, 0.25) is 0 Å². The van der Waals surface area contributed by atoms with Gasteiger partial charge in [0.1, 0.15) is 5.75 Å². The van der Waals surface area contributed by atoms with Crippen LogP contribution in [0.5, 0.6) is 11.5 Å². The molecular weight excluding hydrogens is 257 g/mol. The Hall–Kier alpha value is -2.67. The molecule has 0 saturated heterocycles. The molecule has 2 aromatic rings. The molecule has 0 radical (unpaired) electrons. The van der Waals surface area contributed by atoms with E-state index in [1.807, 2.05) is 6.07 Å². The molecule has 0 aliphatic heterocycles. The van der Waals surface area contributed by atoms with Gasteiger partial charge in [0.05, 0.1) is 17.2 Å². The van der Waals surface area contributed by atoms with Crippen molar-refractivity contribution >= 4 is 6.29 Å². The summed E-state index contributed by atoms with van der Waals surface area (Å²) in [5.41, 5.74) is 2.08. The fourth-order valence-electron chi connectivity index (χ4n) is 2.00. The molecule has 2 rings (SSSR count). The minimum absolute atomic E-state index is 0.0987. The fourth-order valence-corrected chi connectivity index (χ4v) is 2.00. The first-order valence-corrected chi connectivity index (χ1v) is 5.99. The Morgan fingerprint density at radius 3 is 2.40 bits per heavy atom. The highest BCUT2D eigenvalue weighted by Gasteiger charge is 2.14. The second-order valence-corrected chi connectivity index (χ2v) is 4.43. The predicted octanol–water partition coefficient (Wildman–Crippen LogP) is 3.92. The molecule has 0 heterocycles. The first kappa shape index (κ1) is 13.8. The zero-order valence-electron chi connectivity index (χ0n) is 11.1. The molecule has 0 bridgehead atoms. The van der Waals surface area contributed by atoms with E-state index in [-0.39, 0.29) is 11.3 Å². The highest BCUT2D eigenvalue weighted by Crippen LogP contribution is 2.32. The van der Waals surface area contributed by atoms with E-state index in [0.29, 0.717) is 28.7 Å². The van der Waals surface area contributed by atoms with Gasteiger partial charge in [0.25, 0.3) is 0 Å². The van der Waals surface area contributed by atoms with E-state index in [0.717, 1.165) is 0 Å². The van der Waals surface area contributed by atoms with Crippen LogP contribution in [0.3, 0.4) is 0 Å². The van der Waals surface area contributed by atoms with Crippen molar-refractivity contribution in [3.8, 4) is 17.6 Å². The van der Waals surface area contributed by atoms with Crippen molar-refractivity contribution in [2.45, 2.75) is 13.8 Å². The van der Waals surface area contributed by atoms with Gasteiger partial charge >= 0.3 is 0 Å². The minimum Gasteiger partial charge on any atom is -0.453 e. The van der Waals surface area contributed by atoms with Crippen LogP contribution in [0.25, 0.3) is 0 Å². The van der Waals surface area contributed by atoms with Crippen LogP contribution in [0, 0.1) is 31.0 Å². The SMILES string of the molecule is Cc1cc(C#N)cc(C)c1Oc1c(F)cccc1C=O. The van der Waals surface area contributed by atoms with E-state index < -0.39 is 5.82 Å². The molecule has 0 aromatic heterocycles. The summed E-state index contributed by atoms with van der Waals surface area (Å²) in [5.74, 6) is -0.242. The van der Waals surface area contributed by atoms with Gasteiger partial charge in [0.2, 0.25) is 0 Å². The van der Waals surface area contributed by atoms with Crippen molar-refractivity contribution in [3.63, 3.8) is 0 Å². The number of halogens is 1. The molecule has 0 atom stereocenters. The maximum Gasteiger partial charge on any atom is 0.173 e.